The largest absolute Gasteiger partial charge is 0.445 e. The van der Waals surface area contributed by atoms with Crippen LogP contribution in [0.3, 0.4) is 0 Å². The summed E-state index contributed by atoms with van der Waals surface area (Å²) >= 11 is 0. The first kappa shape index (κ1) is 19.3. The number of nitrogens with one attached hydrogen (secondary N) is 2. The second kappa shape index (κ2) is 8.53. The summed E-state index contributed by atoms with van der Waals surface area (Å²) in [6, 6.07) is 14.2. The lowest BCUT2D eigenvalue weighted by Crippen LogP contribution is -2.52. The van der Waals surface area contributed by atoms with Crippen LogP contribution in [0.5, 0.6) is 0 Å². The number of hydrogen-bond acceptors (Lipinski definition) is 5. The minimum atomic E-state index is -0.384. The molecule has 4 N–H and O–H groups in total. The van der Waals surface area contributed by atoms with Gasteiger partial charge in [0.15, 0.2) is 0 Å². The maximum atomic E-state index is 12.4. The van der Waals surface area contributed by atoms with Gasteiger partial charge in [0.25, 0.3) is 5.91 Å². The SMILES string of the molecule is Nc1ccccc1NC(=O)c1ccc(CNC(=O)OC2CN3CCC2CC3)cc1. The molecule has 0 aliphatic carbocycles. The molecule has 2 amide bonds. The Morgan fingerprint density at radius 3 is 2.45 bits per heavy atom. The number of rotatable bonds is 5. The average Bonchev–Trinajstić information content (AvgIpc) is 2.75. The minimum absolute atomic E-state index is 0.00556. The van der Waals surface area contributed by atoms with Crippen LogP contribution >= 0.6 is 0 Å². The number of piperidine rings is 3. The molecule has 3 saturated heterocycles. The van der Waals surface area contributed by atoms with E-state index < -0.39 is 0 Å². The molecule has 3 fully saturated rings. The second-order valence-electron chi connectivity index (χ2n) is 7.67. The summed E-state index contributed by atoms with van der Waals surface area (Å²) in [6.45, 7) is 3.42. The molecule has 0 saturated carbocycles. The lowest BCUT2D eigenvalue weighted by Gasteiger charge is -2.43. The van der Waals surface area contributed by atoms with Crippen LogP contribution in [0.25, 0.3) is 0 Å². The van der Waals surface area contributed by atoms with E-state index in [-0.39, 0.29) is 18.1 Å². The topological polar surface area (TPSA) is 96.7 Å². The summed E-state index contributed by atoms with van der Waals surface area (Å²) in [7, 11) is 0. The first-order chi connectivity index (χ1) is 14.1. The van der Waals surface area contributed by atoms with Crippen LogP contribution in [0.2, 0.25) is 0 Å². The number of nitrogens with two attached hydrogens (primary N) is 1. The molecule has 2 bridgehead atoms. The van der Waals surface area contributed by atoms with Crippen molar-refractivity contribution in [3.05, 3.63) is 59.7 Å². The van der Waals surface area contributed by atoms with Gasteiger partial charge in [-0.25, -0.2) is 4.79 Å². The first-order valence-electron chi connectivity index (χ1n) is 10.00. The summed E-state index contributed by atoms with van der Waals surface area (Å²) in [5.41, 5.74) is 8.37. The van der Waals surface area contributed by atoms with Gasteiger partial charge in [-0.3, -0.25) is 9.69 Å². The number of amides is 2. The number of carbonyl (C=O) groups excluding carboxylic acids is 2. The molecular formula is C22H26N4O3. The molecule has 0 spiro atoms. The molecular weight excluding hydrogens is 368 g/mol. The molecule has 3 aliphatic rings. The third kappa shape index (κ3) is 4.68. The normalized spacial score (nSPS) is 22.7. The Morgan fingerprint density at radius 2 is 1.79 bits per heavy atom. The van der Waals surface area contributed by atoms with E-state index in [2.05, 4.69) is 15.5 Å². The molecule has 152 valence electrons. The fourth-order valence-corrected chi connectivity index (χ4v) is 3.98. The van der Waals surface area contributed by atoms with E-state index in [1.807, 2.05) is 24.3 Å². The molecule has 2 aromatic carbocycles. The number of fused-ring (bicyclic) bond motifs is 3. The Kier molecular flexibility index (Phi) is 5.67. The lowest BCUT2D eigenvalue weighted by molar-refractivity contribution is -0.0332. The van der Waals surface area contributed by atoms with Crippen molar-refractivity contribution in [3.8, 4) is 0 Å². The van der Waals surface area contributed by atoms with E-state index in [4.69, 9.17) is 10.5 Å². The van der Waals surface area contributed by atoms with Gasteiger partial charge in [-0.1, -0.05) is 24.3 Å². The van der Waals surface area contributed by atoms with Crippen LogP contribution in [0.15, 0.2) is 48.5 Å². The van der Waals surface area contributed by atoms with Crippen LogP contribution in [-0.4, -0.2) is 42.6 Å². The molecule has 1 atom stereocenters. The Labute approximate surface area is 170 Å². The van der Waals surface area contributed by atoms with Crippen molar-refractivity contribution in [1.82, 2.24) is 10.2 Å². The third-order valence-electron chi connectivity index (χ3n) is 5.72. The number of anilines is 2. The van der Waals surface area contributed by atoms with Crippen molar-refractivity contribution in [2.24, 2.45) is 5.92 Å². The number of para-hydroxylation sites is 2. The Balaban J connectivity index is 1.26. The lowest BCUT2D eigenvalue weighted by atomic mass is 9.86. The number of nitrogen functional groups attached to an aromatic ring is 1. The number of benzene rings is 2. The van der Waals surface area contributed by atoms with Crippen molar-refractivity contribution in [3.63, 3.8) is 0 Å². The van der Waals surface area contributed by atoms with Crippen LogP contribution in [0, 0.1) is 5.92 Å². The summed E-state index contributed by atoms with van der Waals surface area (Å²) in [4.78, 5) is 26.9. The Hall–Kier alpha value is -3.06. The molecule has 7 heteroatoms. The van der Waals surface area contributed by atoms with Gasteiger partial charge < -0.3 is 21.1 Å². The van der Waals surface area contributed by atoms with Gasteiger partial charge in [0.2, 0.25) is 0 Å². The molecule has 1 unspecified atom stereocenters. The standard InChI is InChI=1S/C22H26N4O3/c23-18-3-1-2-4-19(18)25-21(27)17-7-5-15(6-8-17)13-24-22(28)29-20-14-26-11-9-16(20)10-12-26/h1-8,16,20H,9-14,23H2,(H,24,28)(H,25,27). The van der Waals surface area contributed by atoms with Crippen LogP contribution in [0.4, 0.5) is 16.2 Å². The van der Waals surface area contributed by atoms with Crippen molar-refractivity contribution in [2.45, 2.75) is 25.5 Å². The predicted octanol–water partition coefficient (Wildman–Crippen LogP) is 2.84. The van der Waals surface area contributed by atoms with E-state index in [1.165, 1.54) is 0 Å². The first-order valence-corrected chi connectivity index (χ1v) is 10.00. The molecule has 5 rings (SSSR count). The molecule has 2 aromatic rings. The van der Waals surface area contributed by atoms with Crippen molar-refractivity contribution >= 4 is 23.4 Å². The summed E-state index contributed by atoms with van der Waals surface area (Å²) in [5, 5.41) is 5.60. The molecule has 3 heterocycles. The van der Waals surface area contributed by atoms with Crippen LogP contribution in [0.1, 0.15) is 28.8 Å². The van der Waals surface area contributed by atoms with E-state index in [0.717, 1.165) is 38.0 Å². The highest BCUT2D eigenvalue weighted by Gasteiger charge is 2.36. The molecule has 7 nitrogen and oxygen atoms in total. The van der Waals surface area contributed by atoms with Gasteiger partial charge in [-0.05, 0) is 61.7 Å². The Morgan fingerprint density at radius 1 is 1.07 bits per heavy atom. The third-order valence-corrected chi connectivity index (χ3v) is 5.72. The minimum Gasteiger partial charge on any atom is -0.445 e. The molecule has 3 aliphatic heterocycles. The number of nitrogens with zero attached hydrogens (tertiary/aromatic N) is 1. The maximum absolute atomic E-state index is 12.4. The van der Waals surface area contributed by atoms with E-state index in [9.17, 15) is 9.59 Å². The van der Waals surface area contributed by atoms with Crippen molar-refractivity contribution in [2.75, 3.05) is 30.7 Å². The van der Waals surface area contributed by atoms with Gasteiger partial charge in [0.1, 0.15) is 6.10 Å². The fourth-order valence-electron chi connectivity index (χ4n) is 3.98. The molecule has 0 radical (unpaired) electrons. The zero-order valence-electron chi connectivity index (χ0n) is 16.3. The van der Waals surface area contributed by atoms with Crippen LogP contribution in [-0.2, 0) is 11.3 Å². The molecule has 0 aromatic heterocycles. The monoisotopic (exact) mass is 394 g/mol. The van der Waals surface area contributed by atoms with Crippen LogP contribution < -0.4 is 16.4 Å². The Bertz CT molecular complexity index is 876. The van der Waals surface area contributed by atoms with E-state index in [1.54, 1.807) is 24.3 Å². The number of ether oxygens (including phenoxy) is 1. The van der Waals surface area contributed by atoms with Gasteiger partial charge in [0.05, 0.1) is 11.4 Å². The quantitative estimate of drug-likeness (QED) is 0.678. The highest BCUT2D eigenvalue weighted by Crippen LogP contribution is 2.29. The van der Waals surface area contributed by atoms with E-state index in [0.29, 0.717) is 29.4 Å². The van der Waals surface area contributed by atoms with Gasteiger partial charge in [-0.2, -0.15) is 0 Å². The second-order valence-corrected chi connectivity index (χ2v) is 7.67. The predicted molar refractivity (Wildman–Crippen MR) is 112 cm³/mol. The zero-order chi connectivity index (χ0) is 20.2. The highest BCUT2D eigenvalue weighted by molar-refractivity contribution is 6.05. The van der Waals surface area contributed by atoms with Crippen molar-refractivity contribution in [1.29, 1.82) is 0 Å². The van der Waals surface area contributed by atoms with E-state index >= 15 is 0 Å². The van der Waals surface area contributed by atoms with Gasteiger partial charge >= 0.3 is 6.09 Å². The molecule has 29 heavy (non-hydrogen) atoms. The average molecular weight is 394 g/mol. The smallest absolute Gasteiger partial charge is 0.407 e. The number of hydrogen-bond donors (Lipinski definition) is 3. The van der Waals surface area contributed by atoms with Gasteiger partial charge in [0, 0.05) is 18.7 Å². The van der Waals surface area contributed by atoms with Gasteiger partial charge in [-0.15, -0.1) is 0 Å². The number of carbonyl (C=O) groups is 2. The fraction of sp³-hybridized carbons (Fsp3) is 0.364. The zero-order valence-corrected chi connectivity index (χ0v) is 16.3. The highest BCUT2D eigenvalue weighted by atomic mass is 16.6. The van der Waals surface area contributed by atoms with Crippen molar-refractivity contribution < 1.29 is 14.3 Å². The summed E-state index contributed by atoms with van der Waals surface area (Å²) in [5.74, 6) is 0.256. The summed E-state index contributed by atoms with van der Waals surface area (Å²) < 4.78 is 5.62. The maximum Gasteiger partial charge on any atom is 0.407 e. The summed E-state index contributed by atoms with van der Waals surface area (Å²) in [6.07, 6.45) is 1.82. The number of alkyl carbamates (subject to hydrolysis) is 1.